The highest BCUT2D eigenvalue weighted by atomic mass is 32.1. The van der Waals surface area contributed by atoms with Crippen LogP contribution in [0.1, 0.15) is 0 Å². The van der Waals surface area contributed by atoms with Gasteiger partial charge in [-0.05, 0) is 111 Å². The molecular weight excluding hydrogens is 1770 g/mol. The summed E-state index contributed by atoms with van der Waals surface area (Å²) in [6.45, 7) is 0. The molecule has 139 heavy (non-hydrogen) atoms. The van der Waals surface area contributed by atoms with Crippen molar-refractivity contribution in [2.24, 2.45) is 0 Å². The van der Waals surface area contributed by atoms with Crippen LogP contribution in [0.25, 0.3) is 275 Å². The second-order valence-corrected chi connectivity index (χ2v) is 39.1. The first-order valence-electron chi connectivity index (χ1n) is 46.4. The van der Waals surface area contributed by atoms with E-state index in [4.69, 9.17) is 39.9 Å². The molecule has 10 aromatic heterocycles. The van der Waals surface area contributed by atoms with Crippen molar-refractivity contribution in [3.63, 3.8) is 0 Å². The monoisotopic (exact) mass is 1840 g/mol. The maximum absolute atomic E-state index is 5.44. The molecule has 0 atom stereocenters. The number of benzene rings is 20. The first-order valence-corrected chi connectivity index (χ1v) is 49.7. The molecule has 0 aliphatic heterocycles. The summed E-state index contributed by atoms with van der Waals surface area (Å²) >= 11 is 7.36. The van der Waals surface area contributed by atoms with Crippen LogP contribution >= 0.6 is 45.3 Å². The Bertz CT molecular complexity index is 10100. The van der Waals surface area contributed by atoms with Crippen LogP contribution in [0.2, 0.25) is 0 Å². The number of aromatic nitrogens is 11. The number of para-hydroxylation sites is 3. The Labute approximate surface area is 810 Å². The quantitative estimate of drug-likeness (QED) is 0.133. The number of thiophene rings is 4. The molecule has 0 amide bonds. The molecule has 0 saturated carbocycles. The minimum Gasteiger partial charge on any atom is -0.308 e. The second kappa shape index (κ2) is 32.7. The van der Waals surface area contributed by atoms with E-state index in [1.807, 2.05) is 155 Å². The normalized spacial score (nSPS) is 11.9. The third-order valence-corrected chi connectivity index (χ3v) is 31.7. The summed E-state index contributed by atoms with van der Waals surface area (Å²) in [4.78, 5) is 41.6. The van der Waals surface area contributed by atoms with Crippen LogP contribution in [0, 0.1) is 0 Å². The average molecular weight is 1850 g/mol. The van der Waals surface area contributed by atoms with E-state index in [9.17, 15) is 0 Å². The average Bonchev–Trinajstić information content (AvgIpc) is 1.56. The third-order valence-electron chi connectivity index (χ3n) is 27.1. The number of nitrogens with zero attached hydrogens (tertiary/aromatic N) is 11. The Morgan fingerprint density at radius 2 is 0.432 bits per heavy atom. The predicted molar refractivity (Wildman–Crippen MR) is 587 cm³/mol. The lowest BCUT2D eigenvalue weighted by atomic mass is 9.99. The summed E-state index contributed by atoms with van der Waals surface area (Å²) < 4.78 is 16.2. The van der Waals surface area contributed by atoms with Gasteiger partial charge in [0.15, 0.2) is 34.9 Å². The van der Waals surface area contributed by atoms with Crippen LogP contribution in [0.3, 0.4) is 0 Å². The van der Waals surface area contributed by atoms with Crippen molar-refractivity contribution in [3.05, 3.63) is 443 Å². The molecule has 0 fully saturated rings. The summed E-state index contributed by atoms with van der Waals surface area (Å²) in [7, 11) is 0. The number of hydrogen-bond acceptors (Lipinski definition) is 12. The molecule has 20 aromatic carbocycles. The van der Waals surface area contributed by atoms with Gasteiger partial charge >= 0.3 is 0 Å². The van der Waals surface area contributed by atoms with Gasteiger partial charge in [-0.15, -0.1) is 45.3 Å². The molecule has 0 unspecified atom stereocenters. The maximum Gasteiger partial charge on any atom is 0.236 e. The largest absolute Gasteiger partial charge is 0.308 e. The summed E-state index contributed by atoms with van der Waals surface area (Å²) in [6.07, 6.45) is 0. The fourth-order valence-corrected chi connectivity index (χ4v) is 25.9. The minimum absolute atomic E-state index is 0.641. The fourth-order valence-electron chi connectivity index (χ4n) is 21.1. The summed E-state index contributed by atoms with van der Waals surface area (Å²) in [5.74, 6) is 4.62. The van der Waals surface area contributed by atoms with Crippen molar-refractivity contribution in [2.75, 3.05) is 0 Å². The molecule has 30 aromatic rings. The Morgan fingerprint density at radius 1 is 0.165 bits per heavy atom. The molecule has 10 heterocycles. The fraction of sp³-hybridized carbons (Fsp3) is 0. The molecule has 30 rings (SSSR count). The van der Waals surface area contributed by atoms with Gasteiger partial charge in [0.25, 0.3) is 0 Å². The van der Waals surface area contributed by atoms with Gasteiger partial charge in [0.05, 0.1) is 52.9 Å². The summed E-state index contributed by atoms with van der Waals surface area (Å²) in [6, 6.07) is 156. The van der Waals surface area contributed by atoms with Crippen LogP contribution in [0.15, 0.2) is 443 Å². The first kappa shape index (κ1) is 80.1. The summed E-state index contributed by atoms with van der Waals surface area (Å²) in [5, 5.41) is 25.4. The third kappa shape index (κ3) is 13.0. The second-order valence-electron chi connectivity index (χ2n) is 35.0. The van der Waals surface area contributed by atoms with Crippen molar-refractivity contribution >= 4 is 224 Å². The highest BCUT2D eigenvalue weighted by Gasteiger charge is 2.29. The van der Waals surface area contributed by atoms with Crippen molar-refractivity contribution in [1.29, 1.82) is 0 Å². The highest BCUT2D eigenvalue weighted by molar-refractivity contribution is 7.28. The Hall–Kier alpha value is -17.4. The lowest BCUT2D eigenvalue weighted by Gasteiger charge is -2.12. The van der Waals surface area contributed by atoms with Gasteiger partial charge < -0.3 is 9.13 Å². The number of rotatable bonds is 10. The summed E-state index contributed by atoms with van der Waals surface area (Å²) in [5.41, 5.74) is 17.1. The van der Waals surface area contributed by atoms with E-state index in [-0.39, 0.29) is 0 Å². The molecule has 11 nitrogen and oxygen atoms in total. The predicted octanol–water partition coefficient (Wildman–Crippen LogP) is 34.1. The minimum atomic E-state index is 0.641. The van der Waals surface area contributed by atoms with Crippen LogP contribution < -0.4 is 0 Å². The molecule has 15 heteroatoms. The first-order chi connectivity index (χ1) is 69.0. The van der Waals surface area contributed by atoms with Gasteiger partial charge in [0, 0.05) is 145 Å². The van der Waals surface area contributed by atoms with Crippen LogP contribution in [0.5, 0.6) is 0 Å². The zero-order valence-electron chi connectivity index (χ0n) is 74.2. The molecule has 0 bridgehead atoms. The SMILES string of the molecule is c1ccc(-c2nc(-c3ccccc3)nc(-c3ccc(-n4c5ccccc5c5c6ccccc6c6c7ccccc7sc6c54)cc3)n2)cc1.c1ccc(-c2nc(-c3ccccc3)nc(-c3cccc(-n4c5ccccc5c5c6ccccc6c6c7ccccc7sc6c54)c3)n2)cc1.c1ccc(-c2nc(-n3c4ccccc4c4c5ccccc5c5c6ccccc6sc5c43)nc3sc4ccccc4c23)cc1. The highest BCUT2D eigenvalue weighted by Crippen LogP contribution is 2.53. The Kier molecular flexibility index (Phi) is 18.8. The van der Waals surface area contributed by atoms with Crippen LogP contribution in [-0.4, -0.2) is 53.6 Å². The van der Waals surface area contributed by atoms with E-state index in [1.54, 1.807) is 11.3 Å². The lowest BCUT2D eigenvalue weighted by molar-refractivity contribution is 1.02. The van der Waals surface area contributed by atoms with E-state index >= 15 is 0 Å². The van der Waals surface area contributed by atoms with E-state index in [0.29, 0.717) is 40.9 Å². The van der Waals surface area contributed by atoms with Crippen molar-refractivity contribution in [3.8, 4) is 96.9 Å². The van der Waals surface area contributed by atoms with Gasteiger partial charge in [-0.25, -0.2) is 39.9 Å². The van der Waals surface area contributed by atoms with Gasteiger partial charge in [0.2, 0.25) is 5.95 Å². The number of fused-ring (bicyclic) bond motifs is 33. The Morgan fingerprint density at radius 3 is 0.806 bits per heavy atom. The van der Waals surface area contributed by atoms with E-state index in [1.165, 1.54) is 163 Å². The van der Waals surface area contributed by atoms with E-state index < -0.39 is 0 Å². The molecule has 0 spiro atoms. The maximum atomic E-state index is 5.44. The van der Waals surface area contributed by atoms with Crippen LogP contribution in [0.4, 0.5) is 0 Å². The van der Waals surface area contributed by atoms with E-state index in [0.717, 1.165) is 71.7 Å². The molecule has 0 N–H and O–H groups in total. The lowest BCUT2D eigenvalue weighted by Crippen LogP contribution is -2.02. The van der Waals surface area contributed by atoms with Crippen molar-refractivity contribution < 1.29 is 0 Å². The van der Waals surface area contributed by atoms with Gasteiger partial charge in [0.1, 0.15) is 4.83 Å². The van der Waals surface area contributed by atoms with E-state index in [2.05, 4.69) is 335 Å². The van der Waals surface area contributed by atoms with Crippen molar-refractivity contribution in [2.45, 2.75) is 0 Å². The van der Waals surface area contributed by atoms with Gasteiger partial charge in [-0.3, -0.25) is 4.57 Å². The molecular formula is C124H73N11S4. The molecule has 648 valence electrons. The molecule has 0 aliphatic rings. The van der Waals surface area contributed by atoms with Gasteiger partial charge in [-0.2, -0.15) is 0 Å². The number of hydrogen-bond donors (Lipinski definition) is 0. The zero-order chi connectivity index (χ0) is 91.3. The van der Waals surface area contributed by atoms with Crippen LogP contribution in [-0.2, 0) is 0 Å². The topological polar surface area (TPSA) is 118 Å². The van der Waals surface area contributed by atoms with Gasteiger partial charge in [-0.1, -0.05) is 364 Å². The van der Waals surface area contributed by atoms with Crippen molar-refractivity contribution in [1.82, 2.24) is 53.6 Å². The Balaban J connectivity index is 0.000000103. The molecule has 0 radical (unpaired) electrons. The molecule has 0 aliphatic carbocycles. The molecule has 0 saturated heterocycles. The smallest absolute Gasteiger partial charge is 0.236 e. The standard InChI is InChI=1S/2C43H26N4S.C38H21N3S2/c1-3-14-27(15-4-1)41-44-42(28-16-5-2-6-17-28)46-43(45-41)29-18-13-19-30(26-29)47-35-24-11-9-22-33(35)37-31-20-7-8-21-32(31)38-34-23-10-12-25-36(34)48-40(38)39(37)47;1-3-13-27(14-4-1)41-44-42(28-15-5-2-6-16-28)46-43(45-41)29-23-25-30(26-24-29)47-35-21-11-9-19-33(35)37-31-17-7-8-18-32(31)38-34-20-10-12-22-36(34)48-40(38)39(37)47;1-2-12-22(13-3-1)34-33-27-18-8-11-21-30(27)43-37(33)40-38(39-34)41-28-19-9-6-16-25(28)31-23-14-4-5-15-24(23)32-26-17-7-10-20-29(26)42-36(32)35(31)41/h2*1-26H;1-21H. The zero-order valence-corrected chi connectivity index (χ0v) is 77.5.